The maximum Gasteiger partial charge on any atom is 0.237 e. The van der Waals surface area contributed by atoms with E-state index in [2.05, 4.69) is 21.2 Å². The van der Waals surface area contributed by atoms with Crippen LogP contribution >= 0.6 is 27.3 Å². The van der Waals surface area contributed by atoms with Gasteiger partial charge in [0, 0.05) is 6.54 Å². The minimum atomic E-state index is -0.517. The van der Waals surface area contributed by atoms with Gasteiger partial charge in [0.05, 0.1) is 22.0 Å². The van der Waals surface area contributed by atoms with Crippen molar-refractivity contribution in [3.63, 3.8) is 0 Å². The Morgan fingerprint density at radius 3 is 2.80 bits per heavy atom. The number of thiophene rings is 1. The molecule has 0 aliphatic carbocycles. The van der Waals surface area contributed by atoms with Gasteiger partial charge >= 0.3 is 0 Å². The molecule has 0 spiro atoms. The lowest BCUT2D eigenvalue weighted by molar-refractivity contribution is -0.153. The van der Waals surface area contributed by atoms with Gasteiger partial charge in [0.25, 0.3) is 0 Å². The molecule has 1 aliphatic heterocycles. The minimum absolute atomic E-state index is 0.0504. The fraction of sp³-hybridized carbons (Fsp3) is 0.444. The van der Waals surface area contributed by atoms with Crippen LogP contribution in [0.5, 0.6) is 0 Å². The maximum absolute atomic E-state index is 11.9. The summed E-state index contributed by atoms with van der Waals surface area (Å²) in [5, 5.41) is 3.67. The van der Waals surface area contributed by atoms with Crippen LogP contribution in [0.3, 0.4) is 0 Å². The van der Waals surface area contributed by atoms with Crippen molar-refractivity contribution in [2.24, 2.45) is 11.1 Å². The van der Waals surface area contributed by atoms with E-state index in [0.717, 1.165) is 8.79 Å². The summed E-state index contributed by atoms with van der Waals surface area (Å²) in [4.78, 5) is 11.9. The van der Waals surface area contributed by atoms with Gasteiger partial charge in [-0.15, -0.1) is 11.3 Å². The van der Waals surface area contributed by atoms with Gasteiger partial charge in [-0.05, 0) is 28.1 Å². The summed E-state index contributed by atoms with van der Waals surface area (Å²) in [7, 11) is 0. The zero-order valence-corrected chi connectivity index (χ0v) is 10.4. The van der Waals surface area contributed by atoms with Crippen LogP contribution in [0, 0.1) is 5.41 Å². The number of ether oxygens (including phenoxy) is 1. The molecular formula is C9H11BrN2O2S. The molecule has 1 fully saturated rings. The number of anilines is 1. The van der Waals surface area contributed by atoms with Crippen LogP contribution in [0.25, 0.3) is 0 Å². The first-order chi connectivity index (χ1) is 7.16. The number of nitrogens with one attached hydrogen (secondary N) is 1. The van der Waals surface area contributed by atoms with E-state index in [4.69, 9.17) is 10.5 Å². The van der Waals surface area contributed by atoms with Crippen molar-refractivity contribution in [2.75, 3.05) is 25.1 Å². The molecule has 3 N–H and O–H groups in total. The predicted molar refractivity (Wildman–Crippen MR) is 63.0 cm³/mol. The van der Waals surface area contributed by atoms with E-state index >= 15 is 0 Å². The highest BCUT2D eigenvalue weighted by Crippen LogP contribution is 2.31. The van der Waals surface area contributed by atoms with E-state index < -0.39 is 5.41 Å². The molecule has 6 heteroatoms. The molecular weight excluding hydrogens is 280 g/mol. The average Bonchev–Trinajstić information content (AvgIpc) is 2.50. The Kier molecular flexibility index (Phi) is 3.11. The van der Waals surface area contributed by atoms with E-state index in [-0.39, 0.29) is 5.91 Å². The molecule has 0 bridgehead atoms. The molecule has 1 aromatic heterocycles. The van der Waals surface area contributed by atoms with E-state index in [1.165, 1.54) is 11.3 Å². The topological polar surface area (TPSA) is 64.4 Å². The lowest BCUT2D eigenvalue weighted by Gasteiger charge is -2.38. The number of amides is 1. The normalized spacial score (nSPS) is 18.3. The molecule has 4 nitrogen and oxygen atoms in total. The second-order valence-electron chi connectivity index (χ2n) is 3.54. The van der Waals surface area contributed by atoms with Crippen LogP contribution in [0.1, 0.15) is 0 Å². The third kappa shape index (κ3) is 2.08. The zero-order valence-electron chi connectivity index (χ0n) is 7.96. The lowest BCUT2D eigenvalue weighted by atomic mass is 9.85. The van der Waals surface area contributed by atoms with Crippen LogP contribution in [0.4, 0.5) is 5.00 Å². The van der Waals surface area contributed by atoms with E-state index in [1.807, 2.05) is 12.1 Å². The van der Waals surface area contributed by atoms with Gasteiger partial charge in [-0.2, -0.15) is 0 Å². The molecule has 82 valence electrons. The van der Waals surface area contributed by atoms with Crippen LogP contribution in [-0.2, 0) is 9.53 Å². The Morgan fingerprint density at radius 2 is 2.40 bits per heavy atom. The van der Waals surface area contributed by atoms with Gasteiger partial charge < -0.3 is 15.8 Å². The van der Waals surface area contributed by atoms with Gasteiger partial charge in [-0.1, -0.05) is 0 Å². The Morgan fingerprint density at radius 1 is 1.67 bits per heavy atom. The molecule has 0 unspecified atom stereocenters. The number of hydrogen-bond donors (Lipinski definition) is 2. The standard InChI is InChI=1S/C9H11BrN2O2S/c10-6-1-2-7(15-6)12-8(13)9(3-11)4-14-5-9/h1-2H,3-5,11H2,(H,12,13). The second-order valence-corrected chi connectivity index (χ2v) is 6.00. The lowest BCUT2D eigenvalue weighted by Crippen LogP contribution is -2.56. The minimum Gasteiger partial charge on any atom is -0.379 e. The predicted octanol–water partition coefficient (Wildman–Crippen LogP) is 1.42. The summed E-state index contributed by atoms with van der Waals surface area (Å²) in [6.45, 7) is 1.16. The first kappa shape index (κ1) is 11.1. The summed E-state index contributed by atoms with van der Waals surface area (Å²) >= 11 is 4.82. The summed E-state index contributed by atoms with van der Waals surface area (Å²) in [6, 6.07) is 3.75. The van der Waals surface area contributed by atoms with Crippen molar-refractivity contribution in [1.82, 2.24) is 0 Å². The van der Waals surface area contributed by atoms with E-state index in [9.17, 15) is 4.79 Å². The highest BCUT2D eigenvalue weighted by atomic mass is 79.9. The van der Waals surface area contributed by atoms with E-state index in [1.54, 1.807) is 0 Å². The quantitative estimate of drug-likeness (QED) is 0.885. The third-order valence-corrected chi connectivity index (χ3v) is 3.98. The van der Waals surface area contributed by atoms with Gasteiger partial charge in [0.2, 0.25) is 5.91 Å². The van der Waals surface area contributed by atoms with Crippen molar-refractivity contribution >= 4 is 38.2 Å². The highest BCUT2D eigenvalue weighted by molar-refractivity contribution is 9.11. The van der Waals surface area contributed by atoms with Crippen LogP contribution in [0.15, 0.2) is 15.9 Å². The Labute approximate surface area is 99.9 Å². The molecule has 2 heterocycles. The number of hydrogen-bond acceptors (Lipinski definition) is 4. The molecule has 0 atom stereocenters. The monoisotopic (exact) mass is 290 g/mol. The van der Waals surface area contributed by atoms with Crippen LogP contribution in [0.2, 0.25) is 0 Å². The van der Waals surface area contributed by atoms with Crippen molar-refractivity contribution < 1.29 is 9.53 Å². The Balaban J connectivity index is 2.03. The molecule has 1 amide bonds. The largest absolute Gasteiger partial charge is 0.379 e. The van der Waals surface area contributed by atoms with Crippen molar-refractivity contribution in [1.29, 1.82) is 0 Å². The second kappa shape index (κ2) is 4.21. The summed E-state index contributed by atoms with van der Waals surface area (Å²) in [5.41, 5.74) is 5.06. The first-order valence-electron chi connectivity index (χ1n) is 4.51. The maximum atomic E-state index is 11.9. The van der Waals surface area contributed by atoms with Gasteiger partial charge in [0.1, 0.15) is 5.41 Å². The van der Waals surface area contributed by atoms with Crippen LogP contribution < -0.4 is 11.1 Å². The molecule has 1 aromatic rings. The van der Waals surface area contributed by atoms with Gasteiger partial charge in [-0.3, -0.25) is 4.79 Å². The summed E-state index contributed by atoms with van der Waals surface area (Å²) in [5.74, 6) is -0.0504. The summed E-state index contributed by atoms with van der Waals surface area (Å²) < 4.78 is 6.04. The molecule has 1 aliphatic rings. The average molecular weight is 291 g/mol. The molecule has 0 saturated carbocycles. The Hall–Kier alpha value is -0.430. The molecule has 1 saturated heterocycles. The molecule has 0 aromatic carbocycles. The fourth-order valence-electron chi connectivity index (χ4n) is 1.32. The van der Waals surface area contributed by atoms with Crippen molar-refractivity contribution in [3.05, 3.63) is 15.9 Å². The number of carbonyl (C=O) groups is 1. The fourth-order valence-corrected chi connectivity index (χ4v) is 2.60. The smallest absolute Gasteiger partial charge is 0.237 e. The number of carbonyl (C=O) groups excluding carboxylic acids is 1. The Bertz CT molecular complexity index is 370. The third-order valence-electron chi connectivity index (χ3n) is 2.44. The summed E-state index contributed by atoms with van der Waals surface area (Å²) in [6.07, 6.45) is 0. The molecule has 0 radical (unpaired) electrons. The van der Waals surface area contributed by atoms with Crippen molar-refractivity contribution in [2.45, 2.75) is 0 Å². The first-order valence-corrected chi connectivity index (χ1v) is 6.12. The number of rotatable bonds is 3. The van der Waals surface area contributed by atoms with Crippen molar-refractivity contribution in [3.8, 4) is 0 Å². The number of halogens is 1. The highest BCUT2D eigenvalue weighted by Gasteiger charge is 2.44. The zero-order chi connectivity index (χ0) is 10.9. The van der Waals surface area contributed by atoms with Gasteiger partial charge in [-0.25, -0.2) is 0 Å². The van der Waals surface area contributed by atoms with Crippen LogP contribution in [-0.4, -0.2) is 25.7 Å². The number of nitrogens with two attached hydrogens (primary N) is 1. The molecule has 15 heavy (non-hydrogen) atoms. The van der Waals surface area contributed by atoms with E-state index in [0.29, 0.717) is 19.8 Å². The SMILES string of the molecule is NCC1(C(=O)Nc2ccc(Br)s2)COC1. The molecule has 2 rings (SSSR count). The van der Waals surface area contributed by atoms with Gasteiger partial charge in [0.15, 0.2) is 0 Å².